The lowest BCUT2D eigenvalue weighted by Crippen LogP contribution is -2.33. The molecule has 0 amide bonds. The van der Waals surface area contributed by atoms with Crippen LogP contribution in [0.5, 0.6) is 0 Å². The van der Waals surface area contributed by atoms with E-state index in [4.69, 9.17) is 0 Å². The third-order valence-electron chi connectivity index (χ3n) is 2.96. The lowest BCUT2D eigenvalue weighted by molar-refractivity contribution is -0.239. The van der Waals surface area contributed by atoms with E-state index >= 15 is 0 Å². The molecule has 2 rings (SSSR count). The van der Waals surface area contributed by atoms with E-state index in [0.717, 1.165) is 5.56 Å². The summed E-state index contributed by atoms with van der Waals surface area (Å²) < 4.78 is 31.0. The molecule has 0 radical (unpaired) electrons. The van der Waals surface area contributed by atoms with Crippen LogP contribution in [-0.4, -0.2) is 18.0 Å². The summed E-state index contributed by atoms with van der Waals surface area (Å²) in [6.07, 6.45) is -4.46. The molecular weight excluding hydrogens is 274 g/mol. The fourth-order valence-electron chi connectivity index (χ4n) is 2.05. The summed E-state index contributed by atoms with van der Waals surface area (Å²) in [5.41, 5.74) is 1.14. The van der Waals surface area contributed by atoms with E-state index in [1.807, 2.05) is 6.07 Å². The average Bonchev–Trinajstić information content (AvgIpc) is 2.46. The van der Waals surface area contributed by atoms with Gasteiger partial charge in [-0.25, -0.2) is 0 Å². The molecule has 110 valence electrons. The van der Waals surface area contributed by atoms with Gasteiger partial charge < -0.3 is 4.74 Å². The van der Waals surface area contributed by atoms with E-state index in [9.17, 15) is 13.6 Å². The van der Waals surface area contributed by atoms with Gasteiger partial charge in [-0.3, -0.25) is 4.79 Å². The molecule has 4 heteroatoms. The largest absolute Gasteiger partial charge is 0.353 e. The maximum atomic E-state index is 13.2. The lowest BCUT2D eigenvalue weighted by atomic mass is 10.00. The highest BCUT2D eigenvalue weighted by atomic mass is 19.3. The van der Waals surface area contributed by atoms with E-state index in [1.54, 1.807) is 54.6 Å². The van der Waals surface area contributed by atoms with Gasteiger partial charge in [-0.15, -0.1) is 0 Å². The van der Waals surface area contributed by atoms with Crippen molar-refractivity contribution in [2.45, 2.75) is 25.6 Å². The Kier molecular flexibility index (Phi) is 4.81. The minimum Gasteiger partial charge on any atom is -0.309 e. The van der Waals surface area contributed by atoms with Gasteiger partial charge in [0.05, 0.1) is 0 Å². The Balaban J connectivity index is 2.22. The molecule has 0 aliphatic rings. The summed E-state index contributed by atoms with van der Waals surface area (Å²) >= 11 is 0. The summed E-state index contributed by atoms with van der Waals surface area (Å²) in [6.45, 7) is 0.642. The zero-order chi connectivity index (χ0) is 15.3. The molecule has 0 spiro atoms. The Morgan fingerprint density at radius 1 is 1.05 bits per heavy atom. The van der Waals surface area contributed by atoms with Crippen molar-refractivity contribution < 1.29 is 18.3 Å². The maximum Gasteiger partial charge on any atom is 0.353 e. The van der Waals surface area contributed by atoms with Gasteiger partial charge in [0.15, 0.2) is 5.78 Å². The van der Waals surface area contributed by atoms with Crippen LogP contribution in [0.25, 0.3) is 0 Å². The molecule has 0 aliphatic carbocycles. The topological polar surface area (TPSA) is 26.3 Å². The van der Waals surface area contributed by atoms with E-state index in [0.29, 0.717) is 12.5 Å². The number of carbonyl (C=O) groups is 1. The number of hydrogen-bond donors (Lipinski definition) is 0. The summed E-state index contributed by atoms with van der Waals surface area (Å²) in [7, 11) is 0. The molecule has 0 N–H and O–H groups in total. The predicted molar refractivity (Wildman–Crippen MR) is 76.4 cm³/mol. The Labute approximate surface area is 122 Å². The Morgan fingerprint density at radius 3 is 2.10 bits per heavy atom. The average molecular weight is 290 g/mol. The van der Waals surface area contributed by atoms with E-state index < -0.39 is 18.0 Å². The van der Waals surface area contributed by atoms with Crippen LogP contribution in [0.15, 0.2) is 60.7 Å². The highest BCUT2D eigenvalue weighted by Gasteiger charge is 2.32. The molecular formula is C17H16F2O2. The molecule has 21 heavy (non-hydrogen) atoms. The molecule has 1 atom stereocenters. The van der Waals surface area contributed by atoms with Crippen molar-refractivity contribution in [2.24, 2.45) is 0 Å². The van der Waals surface area contributed by atoms with Crippen molar-refractivity contribution in [3.05, 3.63) is 71.8 Å². The summed E-state index contributed by atoms with van der Waals surface area (Å²) in [5, 5.41) is 0. The van der Waals surface area contributed by atoms with Gasteiger partial charge >= 0.3 is 6.11 Å². The van der Waals surface area contributed by atoms with Crippen LogP contribution < -0.4 is 0 Å². The van der Waals surface area contributed by atoms with Crippen LogP contribution in [-0.2, 0) is 11.2 Å². The quantitative estimate of drug-likeness (QED) is 0.748. The van der Waals surface area contributed by atoms with Gasteiger partial charge in [-0.1, -0.05) is 60.7 Å². The van der Waals surface area contributed by atoms with Crippen LogP contribution in [0, 0.1) is 0 Å². The molecule has 0 saturated heterocycles. The minimum atomic E-state index is -3.36. The second-order valence-corrected chi connectivity index (χ2v) is 4.83. The summed E-state index contributed by atoms with van der Waals surface area (Å²) in [6, 6.07) is 17.3. The van der Waals surface area contributed by atoms with Gasteiger partial charge in [0.25, 0.3) is 0 Å². The van der Waals surface area contributed by atoms with Crippen molar-refractivity contribution in [3.8, 4) is 0 Å². The number of ketones is 1. The molecule has 0 aromatic heterocycles. The predicted octanol–water partition coefficient (Wildman–Crippen LogP) is 4.11. The SMILES string of the molecule is CC(F)(F)OC(Cc1ccccc1)C(=O)c1ccccc1. The Hall–Kier alpha value is -2.07. The Morgan fingerprint density at radius 2 is 1.57 bits per heavy atom. The first-order valence-electron chi connectivity index (χ1n) is 6.64. The number of carbonyl (C=O) groups excluding carboxylic acids is 1. The maximum absolute atomic E-state index is 13.2. The number of halogens is 2. The highest BCUT2D eigenvalue weighted by Crippen LogP contribution is 2.21. The van der Waals surface area contributed by atoms with Crippen LogP contribution in [0.1, 0.15) is 22.8 Å². The van der Waals surface area contributed by atoms with Gasteiger partial charge in [0.1, 0.15) is 6.10 Å². The number of Topliss-reactive ketones (excluding diaryl/α,β-unsaturated/α-hetero) is 1. The number of benzene rings is 2. The first-order valence-corrected chi connectivity index (χ1v) is 6.64. The van der Waals surface area contributed by atoms with E-state index in [-0.39, 0.29) is 6.42 Å². The molecule has 1 unspecified atom stereocenters. The highest BCUT2D eigenvalue weighted by molar-refractivity contribution is 5.99. The third-order valence-corrected chi connectivity index (χ3v) is 2.96. The molecule has 0 fully saturated rings. The monoisotopic (exact) mass is 290 g/mol. The van der Waals surface area contributed by atoms with Crippen molar-refractivity contribution in [1.82, 2.24) is 0 Å². The minimum absolute atomic E-state index is 0.109. The number of alkyl halides is 2. The first kappa shape index (κ1) is 15.3. The fourth-order valence-corrected chi connectivity index (χ4v) is 2.05. The second kappa shape index (κ2) is 6.59. The fraction of sp³-hybridized carbons (Fsp3) is 0.235. The Bertz CT molecular complexity index is 577. The zero-order valence-corrected chi connectivity index (χ0v) is 11.6. The first-order chi connectivity index (χ1) is 9.96. The normalized spacial score (nSPS) is 12.9. The van der Waals surface area contributed by atoms with Crippen LogP contribution in [0.3, 0.4) is 0 Å². The van der Waals surface area contributed by atoms with Gasteiger partial charge in [0, 0.05) is 18.9 Å². The van der Waals surface area contributed by atoms with E-state index in [1.165, 1.54) is 0 Å². The molecule has 2 aromatic rings. The van der Waals surface area contributed by atoms with Gasteiger partial charge in [-0.05, 0) is 5.56 Å². The second-order valence-electron chi connectivity index (χ2n) is 4.83. The summed E-state index contributed by atoms with van der Waals surface area (Å²) in [5.74, 6) is -0.444. The van der Waals surface area contributed by atoms with Crippen molar-refractivity contribution >= 4 is 5.78 Å². The molecule has 0 saturated carbocycles. The van der Waals surface area contributed by atoms with Crippen molar-refractivity contribution in [2.75, 3.05) is 0 Å². The smallest absolute Gasteiger partial charge is 0.309 e. The molecule has 0 heterocycles. The lowest BCUT2D eigenvalue weighted by Gasteiger charge is -2.21. The zero-order valence-electron chi connectivity index (χ0n) is 11.6. The number of rotatable bonds is 6. The van der Waals surface area contributed by atoms with Crippen LogP contribution >= 0.6 is 0 Å². The molecule has 2 nitrogen and oxygen atoms in total. The molecule has 2 aromatic carbocycles. The number of ether oxygens (including phenoxy) is 1. The van der Waals surface area contributed by atoms with E-state index in [2.05, 4.69) is 4.74 Å². The van der Waals surface area contributed by atoms with Crippen molar-refractivity contribution in [3.63, 3.8) is 0 Å². The molecule has 0 aliphatic heterocycles. The van der Waals surface area contributed by atoms with Crippen LogP contribution in [0.4, 0.5) is 8.78 Å². The number of hydrogen-bond acceptors (Lipinski definition) is 2. The van der Waals surface area contributed by atoms with Gasteiger partial charge in [-0.2, -0.15) is 8.78 Å². The summed E-state index contributed by atoms with van der Waals surface area (Å²) in [4.78, 5) is 12.4. The standard InChI is InChI=1S/C17H16F2O2/c1-17(18,19)21-15(12-13-8-4-2-5-9-13)16(20)14-10-6-3-7-11-14/h2-11,15H,12H2,1H3. The van der Waals surface area contributed by atoms with Crippen molar-refractivity contribution in [1.29, 1.82) is 0 Å². The molecule has 0 bridgehead atoms. The van der Waals surface area contributed by atoms with Crippen LogP contribution in [0.2, 0.25) is 0 Å². The van der Waals surface area contributed by atoms with Gasteiger partial charge in [0.2, 0.25) is 0 Å². The third kappa shape index (κ3) is 4.76.